The van der Waals surface area contributed by atoms with E-state index in [9.17, 15) is 10.1 Å². The molecule has 0 spiro atoms. The van der Waals surface area contributed by atoms with E-state index in [4.69, 9.17) is 0 Å². The molecule has 0 aliphatic rings. The first kappa shape index (κ1) is 10.7. The smallest absolute Gasteiger partial charge is 0.258 e. The zero-order valence-electron chi connectivity index (χ0n) is 8.11. The number of unbranched alkanes of at least 4 members (excludes halogenated alkanes) is 2. The summed E-state index contributed by atoms with van der Waals surface area (Å²) >= 11 is 0. The SMILES string of the molecule is [CH2]CCCCc1ccccc1[N+](=O)[O-]. The van der Waals surface area contributed by atoms with E-state index >= 15 is 0 Å². The predicted molar refractivity (Wildman–Crippen MR) is 56.0 cm³/mol. The first-order valence-corrected chi connectivity index (χ1v) is 4.77. The maximum atomic E-state index is 10.6. The van der Waals surface area contributed by atoms with Crippen LogP contribution in [0.5, 0.6) is 0 Å². The van der Waals surface area contributed by atoms with E-state index < -0.39 is 0 Å². The second-order valence-electron chi connectivity index (χ2n) is 3.20. The molecule has 3 heteroatoms. The predicted octanol–water partition coefficient (Wildman–Crippen LogP) is 3.14. The lowest BCUT2D eigenvalue weighted by Crippen LogP contribution is -1.95. The lowest BCUT2D eigenvalue weighted by molar-refractivity contribution is -0.385. The molecule has 1 radical (unpaired) electrons. The molecule has 1 aromatic carbocycles. The van der Waals surface area contributed by atoms with Crippen molar-refractivity contribution in [2.75, 3.05) is 0 Å². The summed E-state index contributed by atoms with van der Waals surface area (Å²) in [5, 5.41) is 10.6. The highest BCUT2D eigenvalue weighted by molar-refractivity contribution is 5.39. The normalized spacial score (nSPS) is 10.1. The fraction of sp³-hybridized carbons (Fsp3) is 0.364. The molecule has 0 saturated heterocycles. The topological polar surface area (TPSA) is 43.1 Å². The van der Waals surface area contributed by atoms with E-state index in [1.165, 1.54) is 0 Å². The molecular weight excluding hydrogens is 178 g/mol. The van der Waals surface area contributed by atoms with Gasteiger partial charge in [-0.2, -0.15) is 0 Å². The van der Waals surface area contributed by atoms with E-state index in [0.717, 1.165) is 31.2 Å². The van der Waals surface area contributed by atoms with Crippen molar-refractivity contribution < 1.29 is 4.92 Å². The molecule has 0 N–H and O–H groups in total. The monoisotopic (exact) mass is 192 g/mol. The van der Waals surface area contributed by atoms with Crippen LogP contribution in [0.15, 0.2) is 24.3 Å². The van der Waals surface area contributed by atoms with Crippen molar-refractivity contribution >= 4 is 5.69 Å². The molecule has 1 aromatic rings. The third kappa shape index (κ3) is 2.83. The molecule has 0 heterocycles. The molecule has 0 aliphatic carbocycles. The van der Waals surface area contributed by atoms with Gasteiger partial charge in [-0.1, -0.05) is 38.0 Å². The van der Waals surface area contributed by atoms with Crippen molar-refractivity contribution in [3.8, 4) is 0 Å². The zero-order chi connectivity index (χ0) is 10.4. The highest BCUT2D eigenvalue weighted by Gasteiger charge is 2.10. The Hall–Kier alpha value is -1.38. The molecule has 0 aromatic heterocycles. The van der Waals surface area contributed by atoms with Crippen molar-refractivity contribution in [2.24, 2.45) is 0 Å². The minimum atomic E-state index is -0.320. The summed E-state index contributed by atoms with van der Waals surface area (Å²) in [5.41, 5.74) is 1.06. The molecule has 14 heavy (non-hydrogen) atoms. The maximum absolute atomic E-state index is 10.6. The first-order valence-electron chi connectivity index (χ1n) is 4.77. The van der Waals surface area contributed by atoms with E-state index in [1.54, 1.807) is 12.1 Å². The molecule has 0 aliphatic heterocycles. The quantitative estimate of drug-likeness (QED) is 0.408. The van der Waals surface area contributed by atoms with Gasteiger partial charge in [-0.15, -0.1) is 0 Å². The summed E-state index contributed by atoms with van der Waals surface area (Å²) in [5.74, 6) is 0. The van der Waals surface area contributed by atoms with Gasteiger partial charge in [0.15, 0.2) is 0 Å². The number of nitro benzene ring substituents is 1. The van der Waals surface area contributed by atoms with Crippen LogP contribution in [0, 0.1) is 17.0 Å². The number of hydrogen-bond acceptors (Lipinski definition) is 2. The number of hydrogen-bond donors (Lipinski definition) is 0. The first-order chi connectivity index (χ1) is 6.75. The van der Waals surface area contributed by atoms with Crippen LogP contribution in [0.3, 0.4) is 0 Å². The second kappa shape index (κ2) is 5.37. The Kier molecular flexibility index (Phi) is 4.11. The Labute approximate surface area is 83.9 Å². The van der Waals surface area contributed by atoms with Gasteiger partial charge >= 0.3 is 0 Å². The Morgan fingerprint density at radius 2 is 2.00 bits per heavy atom. The molecule has 75 valence electrons. The third-order valence-corrected chi connectivity index (χ3v) is 2.13. The van der Waals surface area contributed by atoms with Gasteiger partial charge in [0.1, 0.15) is 0 Å². The molecule has 0 atom stereocenters. The minimum Gasteiger partial charge on any atom is -0.258 e. The van der Waals surface area contributed by atoms with E-state index in [0.29, 0.717) is 0 Å². The van der Waals surface area contributed by atoms with Crippen LogP contribution in [0.2, 0.25) is 0 Å². The molecule has 0 amide bonds. The number of aryl methyl sites for hydroxylation is 1. The Bertz CT molecular complexity index is 310. The van der Waals surface area contributed by atoms with Gasteiger partial charge < -0.3 is 0 Å². The summed E-state index contributed by atoms with van der Waals surface area (Å²) in [6.45, 7) is 3.74. The van der Waals surface area contributed by atoms with Crippen LogP contribution in [-0.2, 0) is 6.42 Å². The van der Waals surface area contributed by atoms with Crippen molar-refractivity contribution in [3.05, 3.63) is 46.9 Å². The van der Waals surface area contributed by atoms with Crippen molar-refractivity contribution in [1.82, 2.24) is 0 Å². The second-order valence-corrected chi connectivity index (χ2v) is 3.20. The molecule has 1 rings (SSSR count). The third-order valence-electron chi connectivity index (χ3n) is 2.13. The fourth-order valence-electron chi connectivity index (χ4n) is 1.39. The Morgan fingerprint density at radius 3 is 2.64 bits per heavy atom. The van der Waals surface area contributed by atoms with E-state index in [2.05, 4.69) is 6.92 Å². The summed E-state index contributed by atoms with van der Waals surface area (Å²) < 4.78 is 0. The fourth-order valence-corrected chi connectivity index (χ4v) is 1.39. The van der Waals surface area contributed by atoms with Gasteiger partial charge in [-0.25, -0.2) is 0 Å². The van der Waals surface area contributed by atoms with Crippen molar-refractivity contribution in [3.63, 3.8) is 0 Å². The summed E-state index contributed by atoms with van der Waals surface area (Å²) in [4.78, 5) is 10.3. The van der Waals surface area contributed by atoms with E-state index in [1.807, 2.05) is 12.1 Å². The molecule has 0 unspecified atom stereocenters. The molecule has 0 fully saturated rings. The van der Waals surface area contributed by atoms with Crippen molar-refractivity contribution in [1.29, 1.82) is 0 Å². The van der Waals surface area contributed by atoms with Crippen LogP contribution in [-0.4, -0.2) is 4.92 Å². The average molecular weight is 192 g/mol. The molecular formula is C11H14NO2. The highest BCUT2D eigenvalue weighted by Crippen LogP contribution is 2.19. The minimum absolute atomic E-state index is 0.233. The van der Waals surface area contributed by atoms with Gasteiger partial charge in [0, 0.05) is 11.6 Å². The summed E-state index contributed by atoms with van der Waals surface area (Å²) in [6.07, 6.45) is 3.65. The van der Waals surface area contributed by atoms with Gasteiger partial charge in [-0.05, 0) is 12.8 Å². The lowest BCUT2D eigenvalue weighted by Gasteiger charge is -2.01. The van der Waals surface area contributed by atoms with Crippen LogP contribution in [0.1, 0.15) is 24.8 Å². The standard InChI is InChI=1S/C11H14NO2/c1-2-3-4-7-10-8-5-6-9-11(10)12(13)14/h5-6,8-9H,1-4,7H2. The maximum Gasteiger partial charge on any atom is 0.272 e. The lowest BCUT2D eigenvalue weighted by atomic mass is 10.1. The summed E-state index contributed by atoms with van der Waals surface area (Å²) in [7, 11) is 0. The van der Waals surface area contributed by atoms with Gasteiger partial charge in [-0.3, -0.25) is 10.1 Å². The zero-order valence-corrected chi connectivity index (χ0v) is 8.11. The number of rotatable bonds is 5. The molecule has 3 nitrogen and oxygen atoms in total. The Balaban J connectivity index is 2.69. The highest BCUT2D eigenvalue weighted by atomic mass is 16.6. The van der Waals surface area contributed by atoms with E-state index in [-0.39, 0.29) is 10.6 Å². The molecule has 0 bridgehead atoms. The summed E-state index contributed by atoms with van der Waals surface area (Å²) in [6, 6.07) is 6.91. The molecule has 0 saturated carbocycles. The van der Waals surface area contributed by atoms with Crippen molar-refractivity contribution in [2.45, 2.75) is 25.7 Å². The Morgan fingerprint density at radius 1 is 1.29 bits per heavy atom. The van der Waals surface area contributed by atoms with Gasteiger partial charge in [0.25, 0.3) is 5.69 Å². The number of nitrogens with zero attached hydrogens (tertiary/aromatic N) is 1. The van der Waals surface area contributed by atoms with Crippen LogP contribution in [0.25, 0.3) is 0 Å². The van der Waals surface area contributed by atoms with Crippen LogP contribution in [0.4, 0.5) is 5.69 Å². The van der Waals surface area contributed by atoms with Gasteiger partial charge in [0.05, 0.1) is 4.92 Å². The van der Waals surface area contributed by atoms with Crippen LogP contribution < -0.4 is 0 Å². The average Bonchev–Trinajstić information content (AvgIpc) is 2.19. The number of nitro groups is 1. The largest absolute Gasteiger partial charge is 0.272 e. The number of para-hydroxylation sites is 1. The van der Waals surface area contributed by atoms with Gasteiger partial charge in [0.2, 0.25) is 0 Å². The van der Waals surface area contributed by atoms with Crippen LogP contribution >= 0.6 is 0 Å². The number of benzene rings is 1.